The standard InChI is InChI=1S/C16H22N2O2/c1-13(14-6-9-19-10-7-14)18-8-11-20-16-5-3-2-4-15(16)12-17/h2-5,13-14,18H,6-11H2,1H3/t13-/m0/s1. The molecule has 1 atom stereocenters. The van der Waals surface area contributed by atoms with E-state index in [0.29, 0.717) is 29.9 Å². The summed E-state index contributed by atoms with van der Waals surface area (Å²) in [5, 5.41) is 12.5. The molecule has 0 amide bonds. The summed E-state index contributed by atoms with van der Waals surface area (Å²) in [6, 6.07) is 9.95. The number of para-hydroxylation sites is 1. The first-order valence-electron chi connectivity index (χ1n) is 7.24. The zero-order valence-corrected chi connectivity index (χ0v) is 12.0. The van der Waals surface area contributed by atoms with Crippen LogP contribution < -0.4 is 10.1 Å². The van der Waals surface area contributed by atoms with Crippen molar-refractivity contribution in [3.8, 4) is 11.8 Å². The van der Waals surface area contributed by atoms with Gasteiger partial charge >= 0.3 is 0 Å². The Balaban J connectivity index is 1.69. The number of benzene rings is 1. The Kier molecular flexibility index (Phi) is 5.85. The molecule has 0 aliphatic carbocycles. The van der Waals surface area contributed by atoms with Crippen LogP contribution in [-0.4, -0.2) is 32.4 Å². The lowest BCUT2D eigenvalue weighted by atomic mass is 9.93. The van der Waals surface area contributed by atoms with E-state index in [1.165, 1.54) is 0 Å². The minimum Gasteiger partial charge on any atom is -0.491 e. The van der Waals surface area contributed by atoms with Crippen LogP contribution in [0.15, 0.2) is 24.3 Å². The second kappa shape index (κ2) is 7.88. The van der Waals surface area contributed by atoms with Crippen molar-refractivity contribution in [3.63, 3.8) is 0 Å². The van der Waals surface area contributed by atoms with Crippen LogP contribution in [0.4, 0.5) is 0 Å². The highest BCUT2D eigenvalue weighted by atomic mass is 16.5. The Morgan fingerprint density at radius 1 is 1.40 bits per heavy atom. The number of ether oxygens (including phenoxy) is 2. The van der Waals surface area contributed by atoms with Crippen molar-refractivity contribution >= 4 is 0 Å². The van der Waals surface area contributed by atoms with Gasteiger partial charge in [0.25, 0.3) is 0 Å². The molecule has 1 N–H and O–H groups in total. The summed E-state index contributed by atoms with van der Waals surface area (Å²) in [5.74, 6) is 1.35. The number of nitrogens with zero attached hydrogens (tertiary/aromatic N) is 1. The molecule has 1 fully saturated rings. The van der Waals surface area contributed by atoms with Gasteiger partial charge in [-0.2, -0.15) is 5.26 Å². The molecule has 0 bridgehead atoms. The molecule has 4 nitrogen and oxygen atoms in total. The van der Waals surface area contributed by atoms with Gasteiger partial charge in [-0.25, -0.2) is 0 Å². The van der Waals surface area contributed by atoms with Crippen LogP contribution in [0.5, 0.6) is 5.75 Å². The fourth-order valence-electron chi connectivity index (χ4n) is 2.51. The molecule has 0 unspecified atom stereocenters. The Morgan fingerprint density at radius 2 is 2.15 bits per heavy atom. The van der Waals surface area contributed by atoms with Crippen molar-refractivity contribution in [2.75, 3.05) is 26.4 Å². The first-order chi connectivity index (χ1) is 9.81. The largest absolute Gasteiger partial charge is 0.491 e. The third kappa shape index (κ3) is 4.22. The molecular weight excluding hydrogens is 252 g/mol. The minimum absolute atomic E-state index is 0.480. The van der Waals surface area contributed by atoms with E-state index in [2.05, 4.69) is 18.3 Å². The molecule has 2 rings (SSSR count). The molecule has 0 aromatic heterocycles. The average molecular weight is 274 g/mol. The average Bonchev–Trinajstić information content (AvgIpc) is 2.52. The van der Waals surface area contributed by atoms with Gasteiger partial charge in [0.15, 0.2) is 0 Å². The molecule has 1 aromatic rings. The van der Waals surface area contributed by atoms with E-state index in [1.807, 2.05) is 18.2 Å². The summed E-state index contributed by atoms with van der Waals surface area (Å²) in [7, 11) is 0. The Labute approximate surface area is 120 Å². The molecule has 20 heavy (non-hydrogen) atoms. The first-order valence-corrected chi connectivity index (χ1v) is 7.24. The number of nitrogens with one attached hydrogen (secondary N) is 1. The maximum Gasteiger partial charge on any atom is 0.137 e. The second-order valence-corrected chi connectivity index (χ2v) is 5.15. The van der Waals surface area contributed by atoms with E-state index in [0.717, 1.165) is 32.6 Å². The molecule has 0 radical (unpaired) electrons. The molecule has 108 valence electrons. The summed E-state index contributed by atoms with van der Waals surface area (Å²) in [6.07, 6.45) is 2.26. The van der Waals surface area contributed by atoms with Gasteiger partial charge in [0.05, 0.1) is 5.56 Å². The highest BCUT2D eigenvalue weighted by Crippen LogP contribution is 2.18. The van der Waals surface area contributed by atoms with Gasteiger partial charge in [-0.05, 0) is 37.8 Å². The zero-order valence-electron chi connectivity index (χ0n) is 12.0. The molecule has 0 saturated carbocycles. The van der Waals surface area contributed by atoms with Crippen LogP contribution in [0.3, 0.4) is 0 Å². The summed E-state index contributed by atoms with van der Waals surface area (Å²) in [6.45, 7) is 5.34. The lowest BCUT2D eigenvalue weighted by molar-refractivity contribution is 0.0556. The highest BCUT2D eigenvalue weighted by Gasteiger charge is 2.19. The smallest absolute Gasteiger partial charge is 0.137 e. The van der Waals surface area contributed by atoms with Crippen molar-refractivity contribution in [1.82, 2.24) is 5.32 Å². The SMILES string of the molecule is C[C@H](NCCOc1ccccc1C#N)C1CCOCC1. The lowest BCUT2D eigenvalue weighted by Gasteiger charge is -2.28. The fraction of sp³-hybridized carbons (Fsp3) is 0.562. The zero-order chi connectivity index (χ0) is 14.2. The van der Waals surface area contributed by atoms with E-state index < -0.39 is 0 Å². The maximum absolute atomic E-state index is 8.98. The maximum atomic E-state index is 8.98. The topological polar surface area (TPSA) is 54.3 Å². The summed E-state index contributed by atoms with van der Waals surface area (Å²) < 4.78 is 11.0. The molecule has 1 heterocycles. The molecule has 1 aliphatic rings. The number of rotatable bonds is 6. The van der Waals surface area contributed by atoms with E-state index in [1.54, 1.807) is 6.07 Å². The van der Waals surface area contributed by atoms with Gasteiger partial charge in [0.1, 0.15) is 18.4 Å². The van der Waals surface area contributed by atoms with Crippen molar-refractivity contribution in [2.24, 2.45) is 5.92 Å². The van der Waals surface area contributed by atoms with Crippen molar-refractivity contribution in [1.29, 1.82) is 5.26 Å². The monoisotopic (exact) mass is 274 g/mol. The van der Waals surface area contributed by atoms with Crippen molar-refractivity contribution in [2.45, 2.75) is 25.8 Å². The first kappa shape index (κ1) is 14.8. The van der Waals surface area contributed by atoms with Crippen molar-refractivity contribution in [3.05, 3.63) is 29.8 Å². The normalized spacial score (nSPS) is 17.4. The second-order valence-electron chi connectivity index (χ2n) is 5.15. The van der Waals surface area contributed by atoms with Crippen LogP contribution in [0.1, 0.15) is 25.3 Å². The summed E-state index contributed by atoms with van der Waals surface area (Å²) in [4.78, 5) is 0. The molecule has 1 saturated heterocycles. The van der Waals surface area contributed by atoms with E-state index in [4.69, 9.17) is 14.7 Å². The molecule has 0 spiro atoms. The predicted molar refractivity (Wildman–Crippen MR) is 77.7 cm³/mol. The van der Waals surface area contributed by atoms with Gasteiger partial charge in [-0.3, -0.25) is 0 Å². The Bertz CT molecular complexity index is 450. The number of nitriles is 1. The Hall–Kier alpha value is -1.57. The summed E-state index contributed by atoms with van der Waals surface area (Å²) >= 11 is 0. The minimum atomic E-state index is 0.480. The van der Waals surface area contributed by atoms with E-state index >= 15 is 0 Å². The van der Waals surface area contributed by atoms with E-state index in [-0.39, 0.29) is 0 Å². The molecule has 1 aromatic carbocycles. The molecular formula is C16H22N2O2. The van der Waals surface area contributed by atoms with Crippen LogP contribution in [-0.2, 0) is 4.74 Å². The van der Waals surface area contributed by atoms with Gasteiger partial charge in [0, 0.05) is 25.8 Å². The lowest BCUT2D eigenvalue weighted by Crippen LogP contribution is -2.38. The fourth-order valence-corrected chi connectivity index (χ4v) is 2.51. The quantitative estimate of drug-likeness (QED) is 0.809. The summed E-state index contributed by atoms with van der Waals surface area (Å²) in [5.41, 5.74) is 0.588. The Morgan fingerprint density at radius 3 is 2.90 bits per heavy atom. The van der Waals surface area contributed by atoms with E-state index in [9.17, 15) is 0 Å². The van der Waals surface area contributed by atoms with Gasteiger partial charge < -0.3 is 14.8 Å². The van der Waals surface area contributed by atoms with Gasteiger partial charge in [-0.1, -0.05) is 12.1 Å². The molecule has 1 aliphatic heterocycles. The third-order valence-electron chi connectivity index (χ3n) is 3.81. The van der Waals surface area contributed by atoms with Gasteiger partial charge in [0.2, 0.25) is 0 Å². The van der Waals surface area contributed by atoms with Crippen LogP contribution in [0.2, 0.25) is 0 Å². The predicted octanol–water partition coefficient (Wildman–Crippen LogP) is 2.34. The van der Waals surface area contributed by atoms with Crippen LogP contribution in [0, 0.1) is 17.2 Å². The number of hydrogen-bond acceptors (Lipinski definition) is 4. The van der Waals surface area contributed by atoms with Crippen LogP contribution in [0.25, 0.3) is 0 Å². The number of hydrogen-bond donors (Lipinski definition) is 1. The third-order valence-corrected chi connectivity index (χ3v) is 3.81. The van der Waals surface area contributed by atoms with Crippen molar-refractivity contribution < 1.29 is 9.47 Å². The highest BCUT2D eigenvalue weighted by molar-refractivity contribution is 5.42. The van der Waals surface area contributed by atoms with Crippen LogP contribution >= 0.6 is 0 Å². The van der Waals surface area contributed by atoms with Gasteiger partial charge in [-0.15, -0.1) is 0 Å². The molecule has 4 heteroatoms.